The summed E-state index contributed by atoms with van der Waals surface area (Å²) in [6, 6.07) is 2.43. The van der Waals surface area contributed by atoms with Gasteiger partial charge in [-0.15, -0.1) is 0 Å². The predicted molar refractivity (Wildman–Crippen MR) is 89.0 cm³/mol. The third-order valence-electron chi connectivity index (χ3n) is 3.58. The third-order valence-corrected chi connectivity index (χ3v) is 3.58. The van der Waals surface area contributed by atoms with Crippen LogP contribution >= 0.6 is 0 Å². The Bertz CT molecular complexity index is 555. The number of hydrogen-bond acceptors (Lipinski definition) is 5. The summed E-state index contributed by atoms with van der Waals surface area (Å²) in [5, 5.41) is 10.3. The summed E-state index contributed by atoms with van der Waals surface area (Å²) in [4.78, 5) is 14.7. The van der Waals surface area contributed by atoms with Gasteiger partial charge in [-0.1, -0.05) is 0 Å². The molecule has 0 radical (unpaired) electrons. The Hall–Kier alpha value is -2.03. The molecule has 0 spiro atoms. The fraction of sp³-hybridized carbons (Fsp3) is 0.625. The second-order valence-corrected chi connectivity index (χ2v) is 5.48. The van der Waals surface area contributed by atoms with Crippen molar-refractivity contribution in [2.45, 2.75) is 39.0 Å². The van der Waals surface area contributed by atoms with Crippen molar-refractivity contribution < 1.29 is 27.8 Å². The number of carbonyl (C=O) groups is 1. The maximum absolute atomic E-state index is 12.8. The first kappa shape index (κ1) is 21.0. The number of rotatable bonds is 4. The van der Waals surface area contributed by atoms with Crippen molar-refractivity contribution in [1.82, 2.24) is 4.98 Å². The molecule has 1 aromatic rings. The Balaban J connectivity index is 0.000000705. The van der Waals surface area contributed by atoms with Gasteiger partial charge in [0.25, 0.3) is 5.97 Å². The SMILES string of the molecule is CC(=O)O.CCOC1CCN(c2nc(C(F)(F)F)ccc2NC)CC1. The lowest BCUT2D eigenvalue weighted by Gasteiger charge is -2.33. The first-order chi connectivity index (χ1) is 11.7. The van der Waals surface area contributed by atoms with Crippen LogP contribution in [0.4, 0.5) is 24.7 Å². The molecule has 0 amide bonds. The minimum absolute atomic E-state index is 0.190. The number of carboxylic acids is 1. The summed E-state index contributed by atoms with van der Waals surface area (Å²) < 4.78 is 44.0. The first-order valence-corrected chi connectivity index (χ1v) is 8.01. The number of pyridine rings is 1. The highest BCUT2D eigenvalue weighted by molar-refractivity contribution is 5.66. The number of anilines is 2. The minimum atomic E-state index is -4.43. The molecular formula is C16H24F3N3O3. The van der Waals surface area contributed by atoms with Crippen LogP contribution in [0.1, 0.15) is 32.4 Å². The number of ether oxygens (including phenoxy) is 1. The van der Waals surface area contributed by atoms with Crippen LogP contribution in [0.15, 0.2) is 12.1 Å². The second kappa shape index (κ2) is 9.45. The zero-order valence-electron chi connectivity index (χ0n) is 14.6. The molecule has 1 aliphatic rings. The van der Waals surface area contributed by atoms with Crippen LogP contribution in [-0.4, -0.2) is 48.9 Å². The number of aliphatic carboxylic acids is 1. The van der Waals surface area contributed by atoms with Gasteiger partial charge in [-0.2, -0.15) is 13.2 Å². The Morgan fingerprint density at radius 1 is 1.40 bits per heavy atom. The zero-order valence-corrected chi connectivity index (χ0v) is 14.6. The molecule has 9 heteroatoms. The molecule has 1 fully saturated rings. The average molecular weight is 363 g/mol. The molecule has 0 atom stereocenters. The van der Waals surface area contributed by atoms with E-state index in [9.17, 15) is 13.2 Å². The fourth-order valence-electron chi connectivity index (χ4n) is 2.51. The largest absolute Gasteiger partial charge is 0.481 e. The molecule has 0 bridgehead atoms. The molecular weight excluding hydrogens is 339 g/mol. The van der Waals surface area contributed by atoms with Crippen molar-refractivity contribution in [1.29, 1.82) is 0 Å². The van der Waals surface area contributed by atoms with Gasteiger partial charge in [0.1, 0.15) is 5.69 Å². The number of nitrogens with one attached hydrogen (secondary N) is 1. The minimum Gasteiger partial charge on any atom is -0.481 e. The molecule has 0 aliphatic carbocycles. The van der Waals surface area contributed by atoms with Crippen LogP contribution in [0.25, 0.3) is 0 Å². The lowest BCUT2D eigenvalue weighted by Crippen LogP contribution is -2.38. The maximum Gasteiger partial charge on any atom is 0.433 e. The average Bonchev–Trinajstić information content (AvgIpc) is 2.54. The lowest BCUT2D eigenvalue weighted by atomic mass is 10.1. The van der Waals surface area contributed by atoms with Crippen LogP contribution in [-0.2, 0) is 15.7 Å². The van der Waals surface area contributed by atoms with Crippen molar-refractivity contribution in [2.24, 2.45) is 0 Å². The molecule has 1 saturated heterocycles. The van der Waals surface area contributed by atoms with Gasteiger partial charge in [-0.05, 0) is 31.9 Å². The third kappa shape index (κ3) is 6.77. The summed E-state index contributed by atoms with van der Waals surface area (Å²) in [6.07, 6.45) is -2.64. The maximum atomic E-state index is 12.8. The van der Waals surface area contributed by atoms with Crippen molar-refractivity contribution in [2.75, 3.05) is 37.0 Å². The molecule has 1 aromatic heterocycles. The number of piperidine rings is 1. The smallest absolute Gasteiger partial charge is 0.433 e. The van der Waals surface area contributed by atoms with Gasteiger partial charge in [0.2, 0.25) is 0 Å². The van der Waals surface area contributed by atoms with E-state index in [1.54, 1.807) is 7.05 Å². The molecule has 142 valence electrons. The number of halogens is 3. The highest BCUT2D eigenvalue weighted by Crippen LogP contribution is 2.33. The molecule has 2 rings (SSSR count). The van der Waals surface area contributed by atoms with Gasteiger partial charge in [0.05, 0.1) is 11.8 Å². The number of aromatic nitrogens is 1. The van der Waals surface area contributed by atoms with Gasteiger partial charge in [-0.3, -0.25) is 4.79 Å². The van der Waals surface area contributed by atoms with Crippen molar-refractivity contribution in [3.05, 3.63) is 17.8 Å². The summed E-state index contributed by atoms with van der Waals surface area (Å²) in [5.41, 5.74) is -0.249. The monoisotopic (exact) mass is 363 g/mol. The van der Waals surface area contributed by atoms with Crippen LogP contribution in [0, 0.1) is 0 Å². The van der Waals surface area contributed by atoms with Crippen molar-refractivity contribution >= 4 is 17.5 Å². The van der Waals surface area contributed by atoms with E-state index in [-0.39, 0.29) is 6.10 Å². The number of carboxylic acid groups (broad SMARTS) is 1. The van der Waals surface area contributed by atoms with E-state index in [0.717, 1.165) is 25.8 Å². The van der Waals surface area contributed by atoms with E-state index in [1.165, 1.54) is 6.07 Å². The van der Waals surface area contributed by atoms with E-state index in [1.807, 2.05) is 11.8 Å². The van der Waals surface area contributed by atoms with Crippen molar-refractivity contribution in [3.8, 4) is 0 Å². The van der Waals surface area contributed by atoms with Gasteiger partial charge in [0.15, 0.2) is 5.82 Å². The second-order valence-electron chi connectivity index (χ2n) is 5.48. The van der Waals surface area contributed by atoms with Crippen LogP contribution in [0.5, 0.6) is 0 Å². The summed E-state index contributed by atoms with van der Waals surface area (Å²) in [6.45, 7) is 4.98. The Labute approximate surface area is 145 Å². The molecule has 1 aliphatic heterocycles. The van der Waals surface area contributed by atoms with E-state index >= 15 is 0 Å². The first-order valence-electron chi connectivity index (χ1n) is 8.01. The van der Waals surface area contributed by atoms with Gasteiger partial charge in [0, 0.05) is 33.7 Å². The van der Waals surface area contributed by atoms with E-state index in [4.69, 9.17) is 14.6 Å². The topological polar surface area (TPSA) is 74.7 Å². The molecule has 2 heterocycles. The Kier molecular flexibility index (Phi) is 7.95. The molecule has 2 N–H and O–H groups in total. The van der Waals surface area contributed by atoms with Crippen LogP contribution in [0.2, 0.25) is 0 Å². The van der Waals surface area contributed by atoms with Gasteiger partial charge < -0.3 is 20.1 Å². The number of nitrogens with zero attached hydrogens (tertiary/aromatic N) is 2. The van der Waals surface area contributed by atoms with E-state index < -0.39 is 17.8 Å². The zero-order chi connectivity index (χ0) is 19.0. The fourth-order valence-corrected chi connectivity index (χ4v) is 2.51. The molecule has 0 saturated carbocycles. The molecule has 25 heavy (non-hydrogen) atoms. The predicted octanol–water partition coefficient (Wildman–Crippen LogP) is 3.24. The highest BCUT2D eigenvalue weighted by Gasteiger charge is 2.34. The quantitative estimate of drug-likeness (QED) is 0.855. The molecule has 0 aromatic carbocycles. The molecule has 0 unspecified atom stereocenters. The summed E-state index contributed by atoms with van der Waals surface area (Å²) in [5.74, 6) is -0.470. The normalized spacial score (nSPS) is 15.4. The van der Waals surface area contributed by atoms with Crippen molar-refractivity contribution in [3.63, 3.8) is 0 Å². The summed E-state index contributed by atoms with van der Waals surface area (Å²) >= 11 is 0. The van der Waals surface area contributed by atoms with Gasteiger partial charge >= 0.3 is 6.18 Å². The Morgan fingerprint density at radius 2 is 1.96 bits per heavy atom. The molecule has 6 nitrogen and oxygen atoms in total. The highest BCUT2D eigenvalue weighted by atomic mass is 19.4. The lowest BCUT2D eigenvalue weighted by molar-refractivity contribution is -0.141. The van der Waals surface area contributed by atoms with Crippen LogP contribution in [0.3, 0.4) is 0 Å². The van der Waals surface area contributed by atoms with E-state index in [0.29, 0.717) is 31.2 Å². The Morgan fingerprint density at radius 3 is 2.40 bits per heavy atom. The van der Waals surface area contributed by atoms with Crippen LogP contribution < -0.4 is 10.2 Å². The standard InChI is InChI=1S/C14H20F3N3O.C2H4O2/c1-3-21-10-6-8-20(9-7-10)13-11(18-2)4-5-12(19-13)14(15,16)17;1-2(3)4/h4-5,10,18H,3,6-9H2,1-2H3;1H3,(H,3,4). The van der Waals surface area contributed by atoms with E-state index in [2.05, 4.69) is 10.3 Å². The number of hydrogen-bond donors (Lipinski definition) is 2. The summed E-state index contributed by atoms with van der Waals surface area (Å²) in [7, 11) is 1.68. The number of alkyl halides is 3. The van der Waals surface area contributed by atoms with Gasteiger partial charge in [-0.25, -0.2) is 4.98 Å².